The van der Waals surface area contributed by atoms with Crippen molar-refractivity contribution in [2.45, 2.75) is 33.1 Å². The average Bonchev–Trinajstić information content (AvgIpc) is 2.71. The van der Waals surface area contributed by atoms with Gasteiger partial charge < -0.3 is 20.3 Å². The molecule has 0 bridgehead atoms. The molecule has 1 aliphatic rings. The van der Waals surface area contributed by atoms with E-state index in [0.29, 0.717) is 24.3 Å². The standard InChI is InChI=1S/C21H27N3O5/c1-3-24(20(27)14-29-21(28)16-7-5-4-6-8-16)13-19(26)23-18-11-9-17(10-12-18)22-15(2)25/h4-5,9-12,16H,3,6-8,13-14H2,1-2H3,(H,22,25)(H,23,26)/t16-/m0/s1. The van der Waals surface area contributed by atoms with Crippen LogP contribution in [0.4, 0.5) is 11.4 Å². The Morgan fingerprint density at radius 3 is 2.28 bits per heavy atom. The summed E-state index contributed by atoms with van der Waals surface area (Å²) in [4.78, 5) is 48.9. The first-order valence-electron chi connectivity index (χ1n) is 9.66. The van der Waals surface area contributed by atoms with Crippen LogP contribution < -0.4 is 10.6 Å². The van der Waals surface area contributed by atoms with Gasteiger partial charge in [0.1, 0.15) is 0 Å². The van der Waals surface area contributed by atoms with Gasteiger partial charge in [0.15, 0.2) is 6.61 Å². The van der Waals surface area contributed by atoms with Crippen molar-refractivity contribution in [3.05, 3.63) is 36.4 Å². The SMILES string of the molecule is CCN(CC(=O)Nc1ccc(NC(C)=O)cc1)C(=O)COC(=O)[C@H]1CC=CCC1. The summed E-state index contributed by atoms with van der Waals surface area (Å²) in [6.07, 6.45) is 6.17. The molecule has 8 heteroatoms. The second-order valence-corrected chi connectivity index (χ2v) is 6.80. The number of hydrogen-bond acceptors (Lipinski definition) is 5. The Hall–Kier alpha value is -3.16. The van der Waals surface area contributed by atoms with Crippen LogP contribution in [0.25, 0.3) is 0 Å². The van der Waals surface area contributed by atoms with Crippen LogP contribution in [-0.2, 0) is 23.9 Å². The number of benzene rings is 1. The summed E-state index contributed by atoms with van der Waals surface area (Å²) in [5.41, 5.74) is 1.17. The molecule has 0 aliphatic heterocycles. The minimum Gasteiger partial charge on any atom is -0.455 e. The van der Waals surface area contributed by atoms with Crippen LogP contribution in [-0.4, -0.2) is 48.3 Å². The molecule has 1 aliphatic carbocycles. The molecular formula is C21H27N3O5. The van der Waals surface area contributed by atoms with Crippen molar-refractivity contribution in [3.63, 3.8) is 0 Å². The molecule has 0 heterocycles. The zero-order valence-electron chi connectivity index (χ0n) is 16.8. The van der Waals surface area contributed by atoms with Crippen molar-refractivity contribution in [1.82, 2.24) is 4.90 Å². The highest BCUT2D eigenvalue weighted by Gasteiger charge is 2.23. The highest BCUT2D eigenvalue weighted by Crippen LogP contribution is 2.19. The largest absolute Gasteiger partial charge is 0.455 e. The van der Waals surface area contributed by atoms with Crippen LogP contribution in [0, 0.1) is 5.92 Å². The Balaban J connectivity index is 1.80. The van der Waals surface area contributed by atoms with E-state index in [1.54, 1.807) is 31.2 Å². The summed E-state index contributed by atoms with van der Waals surface area (Å²) in [7, 11) is 0. The van der Waals surface area contributed by atoms with E-state index in [2.05, 4.69) is 10.6 Å². The Bertz CT molecular complexity index is 773. The molecule has 8 nitrogen and oxygen atoms in total. The van der Waals surface area contributed by atoms with Gasteiger partial charge in [0.2, 0.25) is 11.8 Å². The summed E-state index contributed by atoms with van der Waals surface area (Å²) in [5, 5.41) is 5.34. The molecule has 0 saturated heterocycles. The highest BCUT2D eigenvalue weighted by molar-refractivity contribution is 5.95. The Kier molecular flexibility index (Phi) is 8.39. The molecule has 0 aromatic heterocycles. The number of allylic oxidation sites excluding steroid dienone is 2. The Morgan fingerprint density at radius 2 is 1.72 bits per heavy atom. The first-order valence-corrected chi connectivity index (χ1v) is 9.66. The van der Waals surface area contributed by atoms with E-state index in [-0.39, 0.29) is 36.9 Å². The van der Waals surface area contributed by atoms with Crippen molar-refractivity contribution >= 4 is 35.1 Å². The van der Waals surface area contributed by atoms with E-state index >= 15 is 0 Å². The minimum atomic E-state index is -0.414. The maximum Gasteiger partial charge on any atom is 0.309 e. The number of esters is 1. The van der Waals surface area contributed by atoms with E-state index < -0.39 is 5.91 Å². The van der Waals surface area contributed by atoms with Gasteiger partial charge in [-0.1, -0.05) is 12.2 Å². The maximum atomic E-state index is 12.3. The normalized spacial score (nSPS) is 15.3. The number of nitrogens with one attached hydrogen (secondary N) is 2. The van der Waals surface area contributed by atoms with Crippen LogP contribution in [0.3, 0.4) is 0 Å². The maximum absolute atomic E-state index is 12.3. The van der Waals surface area contributed by atoms with Gasteiger partial charge in [0, 0.05) is 24.8 Å². The van der Waals surface area contributed by atoms with Crippen molar-refractivity contribution in [2.24, 2.45) is 5.92 Å². The summed E-state index contributed by atoms with van der Waals surface area (Å²) in [6, 6.07) is 6.64. The summed E-state index contributed by atoms with van der Waals surface area (Å²) < 4.78 is 5.14. The topological polar surface area (TPSA) is 105 Å². The lowest BCUT2D eigenvalue weighted by atomic mass is 9.95. The van der Waals surface area contributed by atoms with Gasteiger partial charge in [-0.2, -0.15) is 0 Å². The lowest BCUT2D eigenvalue weighted by Gasteiger charge is -2.21. The third-order valence-corrected chi connectivity index (χ3v) is 4.50. The summed E-state index contributed by atoms with van der Waals surface area (Å²) >= 11 is 0. The van der Waals surface area contributed by atoms with E-state index in [4.69, 9.17) is 4.74 Å². The van der Waals surface area contributed by atoms with Gasteiger partial charge in [-0.05, 0) is 50.5 Å². The van der Waals surface area contributed by atoms with E-state index in [9.17, 15) is 19.2 Å². The van der Waals surface area contributed by atoms with Crippen molar-refractivity contribution < 1.29 is 23.9 Å². The van der Waals surface area contributed by atoms with Gasteiger partial charge in [-0.3, -0.25) is 19.2 Å². The van der Waals surface area contributed by atoms with Crippen LogP contribution in [0.5, 0.6) is 0 Å². The number of nitrogens with zero attached hydrogens (tertiary/aromatic N) is 1. The van der Waals surface area contributed by atoms with Crippen molar-refractivity contribution in [3.8, 4) is 0 Å². The third kappa shape index (κ3) is 7.40. The lowest BCUT2D eigenvalue weighted by Crippen LogP contribution is -2.40. The summed E-state index contributed by atoms with van der Waals surface area (Å²) in [5.74, 6) is -1.53. The van der Waals surface area contributed by atoms with Crippen molar-refractivity contribution in [1.29, 1.82) is 0 Å². The van der Waals surface area contributed by atoms with Gasteiger partial charge in [0.25, 0.3) is 5.91 Å². The molecule has 0 fully saturated rings. The van der Waals surface area contributed by atoms with E-state index in [1.165, 1.54) is 11.8 Å². The van der Waals surface area contributed by atoms with Crippen molar-refractivity contribution in [2.75, 3.05) is 30.3 Å². The van der Waals surface area contributed by atoms with Crippen LogP contribution in [0.2, 0.25) is 0 Å². The van der Waals surface area contributed by atoms with Crippen LogP contribution in [0.1, 0.15) is 33.1 Å². The molecule has 1 aromatic carbocycles. The number of carbonyl (C=O) groups excluding carboxylic acids is 4. The average molecular weight is 401 g/mol. The second kappa shape index (κ2) is 11.0. The molecule has 29 heavy (non-hydrogen) atoms. The molecule has 0 spiro atoms. The number of likely N-dealkylation sites (N-methyl/N-ethyl adjacent to an activating group) is 1. The molecule has 0 saturated carbocycles. The second-order valence-electron chi connectivity index (χ2n) is 6.80. The fraction of sp³-hybridized carbons (Fsp3) is 0.429. The number of rotatable bonds is 8. The first-order chi connectivity index (χ1) is 13.9. The van der Waals surface area contributed by atoms with E-state index in [1.807, 2.05) is 12.2 Å². The molecular weight excluding hydrogens is 374 g/mol. The fourth-order valence-corrected chi connectivity index (χ4v) is 2.94. The predicted octanol–water partition coefficient (Wildman–Crippen LogP) is 2.33. The minimum absolute atomic E-state index is 0.146. The number of hydrogen-bond donors (Lipinski definition) is 2. The smallest absolute Gasteiger partial charge is 0.309 e. The number of amides is 3. The van der Waals surface area contributed by atoms with E-state index in [0.717, 1.165) is 12.8 Å². The number of carbonyl (C=O) groups is 4. The van der Waals surface area contributed by atoms with Crippen LogP contribution in [0.15, 0.2) is 36.4 Å². The Labute approximate surface area is 170 Å². The molecule has 1 atom stereocenters. The van der Waals surface area contributed by atoms with Gasteiger partial charge in [0.05, 0.1) is 12.5 Å². The fourth-order valence-electron chi connectivity index (χ4n) is 2.94. The Morgan fingerprint density at radius 1 is 1.07 bits per heavy atom. The monoisotopic (exact) mass is 401 g/mol. The summed E-state index contributed by atoms with van der Waals surface area (Å²) in [6.45, 7) is 2.96. The molecule has 156 valence electrons. The molecule has 0 unspecified atom stereocenters. The van der Waals surface area contributed by atoms with Gasteiger partial charge >= 0.3 is 5.97 Å². The molecule has 2 N–H and O–H groups in total. The molecule has 0 radical (unpaired) electrons. The number of ether oxygens (including phenoxy) is 1. The molecule has 2 rings (SSSR count). The quantitative estimate of drug-likeness (QED) is 0.514. The molecule has 3 amide bonds. The van der Waals surface area contributed by atoms with Gasteiger partial charge in [-0.25, -0.2) is 0 Å². The molecule has 1 aromatic rings. The highest BCUT2D eigenvalue weighted by atomic mass is 16.5. The lowest BCUT2D eigenvalue weighted by molar-refractivity contribution is -0.155. The zero-order valence-corrected chi connectivity index (χ0v) is 16.8. The zero-order chi connectivity index (χ0) is 21.2. The number of anilines is 2. The van der Waals surface area contributed by atoms with Gasteiger partial charge in [-0.15, -0.1) is 0 Å². The third-order valence-electron chi connectivity index (χ3n) is 4.50. The predicted molar refractivity (Wildman–Crippen MR) is 109 cm³/mol. The van der Waals surface area contributed by atoms with Crippen LogP contribution >= 0.6 is 0 Å². The first kappa shape index (κ1) is 22.1.